The third kappa shape index (κ3) is 4.35. The van der Waals surface area contributed by atoms with E-state index in [2.05, 4.69) is 26.2 Å². The molecule has 136 valence electrons. The average molecular weight is 362 g/mol. The number of amides is 2. The van der Waals surface area contributed by atoms with Gasteiger partial charge in [-0.05, 0) is 59.2 Å². The third-order valence-electron chi connectivity index (χ3n) is 4.28. The van der Waals surface area contributed by atoms with E-state index in [1.807, 2.05) is 30.3 Å². The van der Waals surface area contributed by atoms with Crippen LogP contribution in [0, 0.1) is 5.92 Å². The van der Waals surface area contributed by atoms with Crippen LogP contribution in [0.3, 0.4) is 0 Å². The highest BCUT2D eigenvalue weighted by molar-refractivity contribution is 5.96. The van der Waals surface area contributed by atoms with E-state index in [4.69, 9.17) is 0 Å². The van der Waals surface area contributed by atoms with E-state index in [1.54, 1.807) is 22.9 Å². The highest BCUT2D eigenvalue weighted by Crippen LogP contribution is 2.30. The zero-order chi connectivity index (χ0) is 18.6. The van der Waals surface area contributed by atoms with Gasteiger partial charge in [-0.3, -0.25) is 9.59 Å². The van der Waals surface area contributed by atoms with E-state index in [0.29, 0.717) is 11.4 Å². The van der Waals surface area contributed by atoms with Gasteiger partial charge in [0.05, 0.1) is 12.1 Å². The number of hydrogen-bond acceptors (Lipinski definition) is 5. The summed E-state index contributed by atoms with van der Waals surface area (Å²) in [6, 6.07) is 14.6. The van der Waals surface area contributed by atoms with Crippen molar-refractivity contribution >= 4 is 23.2 Å². The number of carbonyl (C=O) groups excluding carboxylic acids is 2. The third-order valence-corrected chi connectivity index (χ3v) is 4.28. The van der Waals surface area contributed by atoms with Crippen molar-refractivity contribution in [2.75, 3.05) is 10.6 Å². The fourth-order valence-electron chi connectivity index (χ4n) is 2.70. The molecule has 1 aliphatic rings. The second kappa shape index (κ2) is 7.36. The molecule has 0 unspecified atom stereocenters. The minimum absolute atomic E-state index is 0.0427. The summed E-state index contributed by atoms with van der Waals surface area (Å²) in [5, 5.41) is 16.8. The van der Waals surface area contributed by atoms with Gasteiger partial charge in [-0.25, -0.2) is 4.68 Å². The maximum Gasteiger partial charge on any atom is 0.228 e. The van der Waals surface area contributed by atoms with Gasteiger partial charge in [0.1, 0.15) is 6.33 Å². The Labute approximate surface area is 155 Å². The Morgan fingerprint density at radius 3 is 2.44 bits per heavy atom. The molecule has 2 aromatic carbocycles. The number of hydrogen-bond donors (Lipinski definition) is 2. The molecular formula is C19H18N6O2. The van der Waals surface area contributed by atoms with E-state index in [0.717, 1.165) is 24.1 Å². The number of rotatable bonds is 6. The summed E-state index contributed by atoms with van der Waals surface area (Å²) >= 11 is 0. The highest BCUT2D eigenvalue weighted by Gasteiger charge is 2.29. The molecule has 0 saturated heterocycles. The van der Waals surface area contributed by atoms with Crippen LogP contribution >= 0.6 is 0 Å². The van der Waals surface area contributed by atoms with Crippen LogP contribution in [0.2, 0.25) is 0 Å². The predicted octanol–water partition coefficient (Wildman–Crippen LogP) is 2.19. The maximum atomic E-state index is 12.3. The van der Waals surface area contributed by atoms with Crippen molar-refractivity contribution < 1.29 is 9.59 Å². The molecule has 8 nitrogen and oxygen atoms in total. The van der Waals surface area contributed by atoms with Crippen LogP contribution in [0.5, 0.6) is 0 Å². The Balaban J connectivity index is 1.35. The van der Waals surface area contributed by atoms with E-state index in [9.17, 15) is 9.59 Å². The van der Waals surface area contributed by atoms with Crippen LogP contribution in [0.1, 0.15) is 18.4 Å². The zero-order valence-electron chi connectivity index (χ0n) is 14.5. The number of carbonyl (C=O) groups is 2. The Morgan fingerprint density at radius 2 is 1.78 bits per heavy atom. The molecule has 2 N–H and O–H groups in total. The van der Waals surface area contributed by atoms with Gasteiger partial charge in [0.25, 0.3) is 0 Å². The Kier molecular flexibility index (Phi) is 4.61. The molecule has 0 spiro atoms. The molecule has 8 heteroatoms. The van der Waals surface area contributed by atoms with Gasteiger partial charge in [-0.15, -0.1) is 5.10 Å². The minimum Gasteiger partial charge on any atom is -0.326 e. The summed E-state index contributed by atoms with van der Waals surface area (Å²) in [4.78, 5) is 24.2. The number of benzene rings is 2. The predicted molar refractivity (Wildman–Crippen MR) is 99.3 cm³/mol. The van der Waals surface area contributed by atoms with Crippen molar-refractivity contribution in [3.8, 4) is 5.69 Å². The van der Waals surface area contributed by atoms with Crippen LogP contribution < -0.4 is 10.6 Å². The molecule has 1 heterocycles. The standard InChI is InChI=1S/C19H18N6O2/c26-18(10-13-4-8-17(9-5-13)25-12-20-23-24-25)21-15-2-1-3-16(11-15)22-19(27)14-6-7-14/h1-5,8-9,11-12,14H,6-7,10H2,(H,21,26)(H,22,27). The first kappa shape index (κ1) is 16.9. The van der Waals surface area contributed by atoms with Gasteiger partial charge in [0, 0.05) is 17.3 Å². The van der Waals surface area contributed by atoms with Gasteiger partial charge in [-0.2, -0.15) is 0 Å². The lowest BCUT2D eigenvalue weighted by atomic mass is 10.1. The van der Waals surface area contributed by atoms with E-state index in [1.165, 1.54) is 6.33 Å². The summed E-state index contributed by atoms with van der Waals surface area (Å²) in [5.74, 6) is 0.0523. The molecule has 1 aromatic heterocycles. The average Bonchev–Trinajstić information content (AvgIpc) is 3.38. The number of aromatic nitrogens is 4. The smallest absolute Gasteiger partial charge is 0.228 e. The molecule has 2 amide bonds. The number of anilines is 2. The molecule has 3 aromatic rings. The molecule has 0 aliphatic heterocycles. The lowest BCUT2D eigenvalue weighted by Crippen LogP contribution is -2.16. The fourth-order valence-corrected chi connectivity index (χ4v) is 2.70. The van der Waals surface area contributed by atoms with Crippen molar-refractivity contribution in [3.05, 3.63) is 60.4 Å². The summed E-state index contributed by atoms with van der Waals surface area (Å²) in [6.45, 7) is 0. The Hall–Kier alpha value is -3.55. The van der Waals surface area contributed by atoms with Crippen molar-refractivity contribution in [2.45, 2.75) is 19.3 Å². The minimum atomic E-state index is -0.129. The lowest BCUT2D eigenvalue weighted by Gasteiger charge is -2.09. The maximum absolute atomic E-state index is 12.3. The second-order valence-electron chi connectivity index (χ2n) is 6.49. The van der Waals surface area contributed by atoms with Gasteiger partial charge < -0.3 is 10.6 Å². The van der Waals surface area contributed by atoms with Crippen molar-refractivity contribution in [3.63, 3.8) is 0 Å². The molecule has 1 saturated carbocycles. The topological polar surface area (TPSA) is 102 Å². The molecule has 27 heavy (non-hydrogen) atoms. The van der Waals surface area contributed by atoms with Crippen LogP contribution in [0.4, 0.5) is 11.4 Å². The molecular weight excluding hydrogens is 344 g/mol. The van der Waals surface area contributed by atoms with E-state index >= 15 is 0 Å². The van der Waals surface area contributed by atoms with Crippen LogP contribution in [-0.2, 0) is 16.0 Å². The van der Waals surface area contributed by atoms with Crippen molar-refractivity contribution in [1.29, 1.82) is 0 Å². The largest absolute Gasteiger partial charge is 0.326 e. The normalized spacial score (nSPS) is 13.2. The van der Waals surface area contributed by atoms with Gasteiger partial charge in [0.15, 0.2) is 0 Å². The lowest BCUT2D eigenvalue weighted by molar-refractivity contribution is -0.117. The number of nitrogens with one attached hydrogen (secondary N) is 2. The molecule has 0 atom stereocenters. The second-order valence-corrected chi connectivity index (χ2v) is 6.49. The first-order valence-corrected chi connectivity index (χ1v) is 8.70. The van der Waals surface area contributed by atoms with E-state index < -0.39 is 0 Å². The molecule has 1 aliphatic carbocycles. The van der Waals surface area contributed by atoms with Gasteiger partial charge in [-0.1, -0.05) is 18.2 Å². The van der Waals surface area contributed by atoms with Crippen LogP contribution in [0.15, 0.2) is 54.9 Å². The van der Waals surface area contributed by atoms with Gasteiger partial charge >= 0.3 is 0 Å². The first-order valence-electron chi connectivity index (χ1n) is 8.70. The summed E-state index contributed by atoms with van der Waals surface area (Å²) in [7, 11) is 0. The number of tetrazole rings is 1. The Bertz CT molecular complexity index is 949. The summed E-state index contributed by atoms with van der Waals surface area (Å²) in [6.07, 6.45) is 3.66. The first-order chi connectivity index (χ1) is 13.2. The molecule has 0 radical (unpaired) electrons. The fraction of sp³-hybridized carbons (Fsp3) is 0.211. The SMILES string of the molecule is O=C(Cc1ccc(-n2cnnn2)cc1)Nc1cccc(NC(=O)C2CC2)c1. The highest BCUT2D eigenvalue weighted by atomic mass is 16.2. The van der Waals surface area contributed by atoms with Crippen LogP contribution in [-0.4, -0.2) is 32.0 Å². The zero-order valence-corrected chi connectivity index (χ0v) is 14.5. The molecule has 1 fully saturated rings. The monoisotopic (exact) mass is 362 g/mol. The van der Waals surface area contributed by atoms with Gasteiger partial charge in [0.2, 0.25) is 11.8 Å². The summed E-state index contributed by atoms with van der Waals surface area (Å²) < 4.78 is 1.55. The molecule has 4 rings (SSSR count). The Morgan fingerprint density at radius 1 is 1.04 bits per heavy atom. The van der Waals surface area contributed by atoms with Crippen LogP contribution in [0.25, 0.3) is 5.69 Å². The quantitative estimate of drug-likeness (QED) is 0.700. The van der Waals surface area contributed by atoms with E-state index in [-0.39, 0.29) is 24.2 Å². The molecule has 0 bridgehead atoms. The summed E-state index contributed by atoms with van der Waals surface area (Å²) in [5.41, 5.74) is 3.04. The van der Waals surface area contributed by atoms with Crippen molar-refractivity contribution in [1.82, 2.24) is 20.2 Å². The number of nitrogens with zero attached hydrogens (tertiary/aromatic N) is 4. The van der Waals surface area contributed by atoms with Crippen molar-refractivity contribution in [2.24, 2.45) is 5.92 Å².